The maximum atomic E-state index is 13.3. The molecule has 136 valence electrons. The van der Waals surface area contributed by atoms with Gasteiger partial charge in [0, 0.05) is 6.04 Å². The molecule has 3 nitrogen and oxygen atoms in total. The van der Waals surface area contributed by atoms with Crippen LogP contribution in [0, 0.1) is 62.9 Å². The van der Waals surface area contributed by atoms with Crippen LogP contribution >= 0.6 is 7.52 Å². The molecule has 1 heterocycles. The summed E-state index contributed by atoms with van der Waals surface area (Å²) in [5.74, 6) is 1.03. The molecule has 0 bridgehead atoms. The zero-order valence-electron chi connectivity index (χ0n) is 15.2. The molecule has 0 N–H and O–H groups in total. The Morgan fingerprint density at radius 3 is 2.04 bits per heavy atom. The summed E-state index contributed by atoms with van der Waals surface area (Å²) in [4.78, 5) is 0. The van der Waals surface area contributed by atoms with E-state index in [9.17, 15) is 4.57 Å². The van der Waals surface area contributed by atoms with E-state index >= 15 is 0 Å². The summed E-state index contributed by atoms with van der Waals surface area (Å²) in [6.45, 7) is 4.04. The summed E-state index contributed by atoms with van der Waals surface area (Å²) in [6, 6.07) is 10.1. The zero-order valence-corrected chi connectivity index (χ0v) is 17.2. The van der Waals surface area contributed by atoms with Gasteiger partial charge in [-0.2, -0.15) is 0 Å². The molecule has 1 aliphatic heterocycles. The van der Waals surface area contributed by atoms with Gasteiger partial charge in [0.2, 0.25) is 0 Å². The molecule has 3 fully saturated rings. The Bertz CT molecular complexity index is 585. The Hall–Kier alpha value is -0.111. The minimum Gasteiger partial charge on any atom is -0.307 e. The van der Waals surface area contributed by atoms with Crippen molar-refractivity contribution in [3.05, 3.63) is 98.8 Å². The van der Waals surface area contributed by atoms with Gasteiger partial charge in [0.1, 0.15) is 6.10 Å². The minimum absolute atomic E-state index is 0. The summed E-state index contributed by atoms with van der Waals surface area (Å²) < 4.78 is 21.3. The average molecular weight is 409 g/mol. The first kappa shape index (κ1) is 22.2. The van der Waals surface area contributed by atoms with Gasteiger partial charge in [-0.05, 0) is 76.8 Å². The fourth-order valence-corrected chi connectivity index (χ4v) is 5.70. The van der Waals surface area contributed by atoms with Crippen molar-refractivity contribution in [3.8, 4) is 0 Å². The van der Waals surface area contributed by atoms with Gasteiger partial charge >= 0.3 is 17.1 Å². The van der Waals surface area contributed by atoms with E-state index < -0.39 is 7.52 Å². The van der Waals surface area contributed by atoms with Crippen molar-refractivity contribution in [2.45, 2.75) is 26.0 Å². The van der Waals surface area contributed by atoms with Crippen LogP contribution in [0.15, 0.2) is 30.3 Å². The molecule has 4 rings (SSSR count). The van der Waals surface area contributed by atoms with Gasteiger partial charge in [-0.3, -0.25) is 4.57 Å². The normalized spacial score (nSPS) is 32.9. The van der Waals surface area contributed by atoms with Gasteiger partial charge in [0.05, 0.1) is 5.66 Å². The van der Waals surface area contributed by atoms with Crippen LogP contribution in [0.1, 0.15) is 25.5 Å². The first-order valence-corrected chi connectivity index (χ1v) is 10.1. The van der Waals surface area contributed by atoms with Gasteiger partial charge in [-0.1, -0.05) is 37.3 Å². The summed E-state index contributed by atoms with van der Waals surface area (Å²) in [5, 5.41) is 0. The monoisotopic (exact) mass is 409 g/mol. The van der Waals surface area contributed by atoms with Gasteiger partial charge in [-0.15, -0.1) is 0 Å². The number of hydrogen-bond donors (Lipinski definition) is 0. The topological polar surface area (TPSA) is 29.5 Å². The van der Waals surface area contributed by atoms with Gasteiger partial charge < -0.3 is 4.52 Å². The Morgan fingerprint density at radius 2 is 1.54 bits per heavy atom. The summed E-state index contributed by atoms with van der Waals surface area (Å²) in [6.07, 6.45) is 15.7. The van der Waals surface area contributed by atoms with E-state index in [2.05, 4.69) is 6.92 Å². The van der Waals surface area contributed by atoms with Crippen LogP contribution in [0.25, 0.3) is 0 Å². The fraction of sp³-hybridized carbons (Fsp3) is 0.238. The van der Waals surface area contributed by atoms with Crippen LogP contribution in [0.2, 0.25) is 0 Å². The average Bonchev–Trinajstić information content (AvgIpc) is 3.37. The van der Waals surface area contributed by atoms with Crippen LogP contribution in [0.4, 0.5) is 0 Å². The zero-order chi connectivity index (χ0) is 17.9. The molecule has 0 amide bonds. The fourth-order valence-electron chi connectivity index (χ4n) is 3.10. The number of rotatable bonds is 2. The molecule has 3 aliphatic rings. The predicted octanol–water partition coefficient (Wildman–Crippen LogP) is 5.04. The Balaban J connectivity index is 0.000000351. The Labute approximate surface area is 170 Å². The van der Waals surface area contributed by atoms with Gasteiger partial charge in [0.25, 0.3) is 7.52 Å². The second-order valence-corrected chi connectivity index (χ2v) is 8.69. The number of benzene rings is 1. The molecule has 2 aliphatic carbocycles. The number of hydrogen-bond acceptors (Lipinski definition) is 2. The molecule has 2 saturated carbocycles. The number of nitrogens with zero attached hydrogens (tertiary/aromatic N) is 1. The molecule has 1 aromatic carbocycles. The van der Waals surface area contributed by atoms with Gasteiger partial charge in [-0.25, -0.2) is 4.67 Å². The van der Waals surface area contributed by atoms with Crippen molar-refractivity contribution in [3.63, 3.8) is 0 Å². The minimum atomic E-state index is -2.95. The van der Waals surface area contributed by atoms with Crippen LogP contribution in [0.3, 0.4) is 0 Å². The van der Waals surface area contributed by atoms with E-state index in [1.165, 1.54) is 0 Å². The van der Waals surface area contributed by atoms with E-state index in [0.717, 1.165) is 17.1 Å². The third-order valence-corrected chi connectivity index (χ3v) is 7.51. The third-order valence-electron chi connectivity index (χ3n) is 4.69. The SMILES string of the molecule is C[C]1[CH][CH][CH][C]1[P@@]1(=O)O[C@H](c2ccccc2)[C@H](C)N1C.[CH]1[CH][CH][CH][CH]1.[Fe+2]. The molecule has 0 unspecified atom stereocenters. The van der Waals surface area contributed by atoms with Crippen LogP contribution in [-0.2, 0) is 26.2 Å². The van der Waals surface area contributed by atoms with E-state index in [1.807, 2.05) is 100 Å². The molecule has 1 aromatic rings. The summed E-state index contributed by atoms with van der Waals surface area (Å²) >= 11 is 0. The van der Waals surface area contributed by atoms with E-state index in [-0.39, 0.29) is 29.2 Å². The third kappa shape index (κ3) is 4.65. The molecule has 0 aromatic heterocycles. The van der Waals surface area contributed by atoms with Crippen molar-refractivity contribution >= 4 is 7.52 Å². The van der Waals surface area contributed by atoms with Crippen LogP contribution in [-0.4, -0.2) is 17.8 Å². The van der Waals surface area contributed by atoms with Crippen molar-refractivity contribution in [1.82, 2.24) is 4.67 Å². The first-order chi connectivity index (χ1) is 12.0. The van der Waals surface area contributed by atoms with Crippen LogP contribution < -0.4 is 0 Å². The van der Waals surface area contributed by atoms with Crippen molar-refractivity contribution in [2.24, 2.45) is 0 Å². The first-order valence-electron chi connectivity index (χ1n) is 8.50. The maximum absolute atomic E-state index is 13.3. The second kappa shape index (κ2) is 9.89. The molecule has 3 atom stereocenters. The van der Waals surface area contributed by atoms with Crippen molar-refractivity contribution in [2.75, 3.05) is 7.05 Å². The Morgan fingerprint density at radius 1 is 0.962 bits per heavy atom. The van der Waals surface area contributed by atoms with Crippen LogP contribution in [0.5, 0.6) is 0 Å². The summed E-state index contributed by atoms with van der Waals surface area (Å²) in [7, 11) is -1.06. The Kier molecular flexibility index (Phi) is 8.44. The van der Waals surface area contributed by atoms with E-state index in [1.54, 1.807) is 0 Å². The van der Waals surface area contributed by atoms with Crippen molar-refractivity contribution < 1.29 is 26.2 Å². The molecule has 10 radical (unpaired) electrons. The number of likely N-dealkylation sites (N-methyl/N-ethyl adjacent to an activating group) is 1. The standard InChI is InChI=1S/C16H19NO2P.C5H5.Fe/c1-12-8-7-11-15(12)20(18)17(3)13(2)16(19-20)14-9-5-4-6-10-14;1-2-4-5-3-1;/h4-11,13,16H,1-3H3;1-5H;/q;;+2/t13-,16-,20+;;/m0../s1. The molecule has 1 saturated heterocycles. The van der Waals surface area contributed by atoms with E-state index in [0.29, 0.717) is 0 Å². The summed E-state index contributed by atoms with van der Waals surface area (Å²) in [5.41, 5.74) is 1.90. The molecule has 5 heteroatoms. The van der Waals surface area contributed by atoms with Crippen molar-refractivity contribution in [1.29, 1.82) is 0 Å². The quantitative estimate of drug-likeness (QED) is 0.506. The molecular formula is C21H24FeNO2P+2. The molecular weight excluding hydrogens is 385 g/mol. The molecule has 0 spiro atoms. The predicted molar refractivity (Wildman–Crippen MR) is 102 cm³/mol. The van der Waals surface area contributed by atoms with Gasteiger partial charge in [0.15, 0.2) is 0 Å². The second-order valence-electron chi connectivity index (χ2n) is 6.33. The largest absolute Gasteiger partial charge is 2.00 e. The smallest absolute Gasteiger partial charge is 0.307 e. The molecule has 26 heavy (non-hydrogen) atoms. The van der Waals surface area contributed by atoms with E-state index in [4.69, 9.17) is 4.52 Å². The maximum Gasteiger partial charge on any atom is 2.00 e.